The van der Waals surface area contributed by atoms with Gasteiger partial charge >= 0.3 is 6.43 Å². The molecule has 1 aromatic rings. The smallest absolute Gasteiger partial charge is 0.315 e. The van der Waals surface area contributed by atoms with E-state index in [1.165, 1.54) is 13.8 Å². The van der Waals surface area contributed by atoms with Crippen molar-refractivity contribution in [2.75, 3.05) is 11.1 Å². The SMILES string of the molecule is CC1(C)C(=N)NC(c2cc(NC(=O)C(F)F)ccc2F)CS1(=O)=O. The number of halogens is 3. The fourth-order valence-electron chi connectivity index (χ4n) is 2.23. The maximum absolute atomic E-state index is 14.1. The summed E-state index contributed by atoms with van der Waals surface area (Å²) < 4.78 is 61.8. The van der Waals surface area contributed by atoms with Crippen molar-refractivity contribution in [3.63, 3.8) is 0 Å². The topological polar surface area (TPSA) is 99.1 Å². The third-order valence-electron chi connectivity index (χ3n) is 3.92. The van der Waals surface area contributed by atoms with Crippen LogP contribution in [-0.2, 0) is 14.6 Å². The third-order valence-corrected chi connectivity index (χ3v) is 6.45. The monoisotopic (exact) mass is 363 g/mol. The molecule has 0 aromatic heterocycles. The highest BCUT2D eigenvalue weighted by atomic mass is 32.2. The van der Waals surface area contributed by atoms with Gasteiger partial charge in [-0.1, -0.05) is 0 Å². The van der Waals surface area contributed by atoms with Gasteiger partial charge in [0, 0.05) is 11.3 Å². The molecule has 2 rings (SSSR count). The van der Waals surface area contributed by atoms with Gasteiger partial charge in [0.15, 0.2) is 9.84 Å². The molecular weight excluding hydrogens is 347 g/mol. The Hall–Kier alpha value is -2.10. The molecule has 132 valence electrons. The van der Waals surface area contributed by atoms with Gasteiger partial charge < -0.3 is 10.6 Å². The maximum atomic E-state index is 14.1. The number of amides is 1. The number of hydrogen-bond donors (Lipinski definition) is 3. The molecule has 1 aliphatic rings. The molecule has 1 fully saturated rings. The molecule has 3 N–H and O–H groups in total. The van der Waals surface area contributed by atoms with Crippen LogP contribution in [0.2, 0.25) is 0 Å². The molecule has 1 saturated heterocycles. The molecule has 0 saturated carbocycles. The molecule has 1 atom stereocenters. The van der Waals surface area contributed by atoms with Gasteiger partial charge in [-0.3, -0.25) is 10.2 Å². The predicted molar refractivity (Wildman–Crippen MR) is 82.5 cm³/mol. The quantitative estimate of drug-likeness (QED) is 0.763. The standard InChI is InChI=1S/C14H16F3N3O3S/c1-14(2)13(18)20-10(6-24(14,22)23)8-5-7(3-4-9(8)15)19-12(21)11(16)17/h3-5,10-11H,6H2,1-2H3,(H2,18,20)(H,19,21). The average molecular weight is 363 g/mol. The highest BCUT2D eigenvalue weighted by molar-refractivity contribution is 7.93. The number of rotatable bonds is 3. The van der Waals surface area contributed by atoms with E-state index in [0.717, 1.165) is 18.2 Å². The lowest BCUT2D eigenvalue weighted by molar-refractivity contribution is -0.126. The number of anilines is 1. The van der Waals surface area contributed by atoms with E-state index in [9.17, 15) is 26.4 Å². The molecule has 6 nitrogen and oxygen atoms in total. The largest absolute Gasteiger partial charge is 0.365 e. The first-order valence-corrected chi connectivity index (χ1v) is 8.57. The van der Waals surface area contributed by atoms with Crippen LogP contribution in [0.5, 0.6) is 0 Å². The first-order chi connectivity index (χ1) is 11.0. The fourth-order valence-corrected chi connectivity index (χ4v) is 3.71. The van der Waals surface area contributed by atoms with Crippen LogP contribution in [0.15, 0.2) is 18.2 Å². The number of amidine groups is 1. The van der Waals surface area contributed by atoms with Gasteiger partial charge in [-0.2, -0.15) is 8.78 Å². The van der Waals surface area contributed by atoms with Crippen molar-refractivity contribution in [2.24, 2.45) is 0 Å². The zero-order valence-electron chi connectivity index (χ0n) is 12.9. The summed E-state index contributed by atoms with van der Waals surface area (Å²) in [5.41, 5.74) is -0.224. The summed E-state index contributed by atoms with van der Waals surface area (Å²) in [4.78, 5) is 11.0. The molecule has 0 aliphatic carbocycles. The summed E-state index contributed by atoms with van der Waals surface area (Å²) in [7, 11) is -3.73. The van der Waals surface area contributed by atoms with E-state index >= 15 is 0 Å². The molecule has 10 heteroatoms. The lowest BCUT2D eigenvalue weighted by Crippen LogP contribution is -2.56. The van der Waals surface area contributed by atoms with E-state index in [-0.39, 0.29) is 17.1 Å². The van der Waals surface area contributed by atoms with Gasteiger partial charge in [-0.05, 0) is 32.0 Å². The average Bonchev–Trinajstić information content (AvgIpc) is 2.46. The number of carbonyl (C=O) groups is 1. The van der Waals surface area contributed by atoms with E-state index in [0.29, 0.717) is 0 Å². The zero-order valence-corrected chi connectivity index (χ0v) is 13.7. The summed E-state index contributed by atoms with van der Waals surface area (Å²) in [5, 5.41) is 12.4. The molecule has 0 spiro atoms. The third kappa shape index (κ3) is 3.23. The highest BCUT2D eigenvalue weighted by Crippen LogP contribution is 2.31. The van der Waals surface area contributed by atoms with Crippen LogP contribution < -0.4 is 10.6 Å². The van der Waals surface area contributed by atoms with Crippen molar-refractivity contribution in [3.8, 4) is 0 Å². The van der Waals surface area contributed by atoms with Crippen molar-refractivity contribution in [1.29, 1.82) is 5.41 Å². The molecule has 1 aliphatic heterocycles. The van der Waals surface area contributed by atoms with E-state index < -0.39 is 44.5 Å². The van der Waals surface area contributed by atoms with Gasteiger partial charge in [-0.15, -0.1) is 0 Å². The van der Waals surface area contributed by atoms with Crippen molar-refractivity contribution < 1.29 is 26.4 Å². The van der Waals surface area contributed by atoms with E-state index in [4.69, 9.17) is 5.41 Å². The molecule has 0 bridgehead atoms. The lowest BCUT2D eigenvalue weighted by atomic mass is 10.0. The van der Waals surface area contributed by atoms with E-state index in [1.54, 1.807) is 0 Å². The molecule has 0 radical (unpaired) electrons. The number of sulfone groups is 1. The van der Waals surface area contributed by atoms with E-state index in [1.807, 2.05) is 5.32 Å². The molecule has 24 heavy (non-hydrogen) atoms. The predicted octanol–water partition coefficient (Wildman–Crippen LogP) is 1.84. The minimum absolute atomic E-state index is 0.0905. The number of benzene rings is 1. The summed E-state index contributed by atoms with van der Waals surface area (Å²) in [6.45, 7) is 2.73. The minimum Gasteiger partial charge on any atom is -0.365 e. The first kappa shape index (κ1) is 18.2. The van der Waals surface area contributed by atoms with Crippen molar-refractivity contribution in [1.82, 2.24) is 5.32 Å². The van der Waals surface area contributed by atoms with Gasteiger partial charge in [0.25, 0.3) is 5.91 Å². The Bertz CT molecular complexity index is 794. The summed E-state index contributed by atoms with van der Waals surface area (Å²) in [5.74, 6) is -3.08. The van der Waals surface area contributed by atoms with Crippen molar-refractivity contribution in [2.45, 2.75) is 31.1 Å². The van der Waals surface area contributed by atoms with Crippen LogP contribution in [0.3, 0.4) is 0 Å². The number of alkyl halides is 2. The Labute approximate surface area is 136 Å². The molecule has 1 amide bonds. The summed E-state index contributed by atoms with van der Waals surface area (Å²) in [6.07, 6.45) is -3.24. The van der Waals surface area contributed by atoms with Crippen LogP contribution in [0, 0.1) is 11.2 Å². The van der Waals surface area contributed by atoms with Crippen LogP contribution in [0.1, 0.15) is 25.5 Å². The molecule has 1 unspecified atom stereocenters. The van der Waals surface area contributed by atoms with E-state index in [2.05, 4.69) is 5.32 Å². The van der Waals surface area contributed by atoms with Crippen molar-refractivity contribution in [3.05, 3.63) is 29.6 Å². The van der Waals surface area contributed by atoms with Crippen LogP contribution in [0.25, 0.3) is 0 Å². The Morgan fingerprint density at radius 2 is 2.04 bits per heavy atom. The first-order valence-electron chi connectivity index (χ1n) is 6.92. The number of hydrogen-bond acceptors (Lipinski definition) is 4. The maximum Gasteiger partial charge on any atom is 0.315 e. The summed E-state index contributed by atoms with van der Waals surface area (Å²) >= 11 is 0. The number of nitrogens with one attached hydrogen (secondary N) is 3. The molecule has 1 aromatic carbocycles. The van der Waals surface area contributed by atoms with Gasteiger partial charge in [0.05, 0.1) is 11.8 Å². The minimum atomic E-state index is -3.73. The Morgan fingerprint density at radius 3 is 2.58 bits per heavy atom. The second kappa shape index (κ2) is 6.08. The zero-order chi connectivity index (χ0) is 18.3. The van der Waals surface area contributed by atoms with Gasteiger partial charge in [-0.25, -0.2) is 12.8 Å². The fraction of sp³-hybridized carbons (Fsp3) is 0.429. The summed E-state index contributed by atoms with van der Waals surface area (Å²) in [6, 6.07) is 2.05. The Kier molecular flexibility index (Phi) is 4.62. The second-order valence-electron chi connectivity index (χ2n) is 5.89. The Balaban J connectivity index is 2.36. The van der Waals surface area contributed by atoms with Crippen LogP contribution in [-0.4, -0.2) is 37.1 Å². The second-order valence-corrected chi connectivity index (χ2v) is 8.47. The van der Waals surface area contributed by atoms with Gasteiger partial charge in [0.2, 0.25) is 0 Å². The lowest BCUT2D eigenvalue weighted by Gasteiger charge is -2.36. The Morgan fingerprint density at radius 1 is 1.42 bits per heavy atom. The number of carbonyl (C=O) groups excluding carboxylic acids is 1. The van der Waals surface area contributed by atoms with Crippen LogP contribution >= 0.6 is 0 Å². The molecule has 1 heterocycles. The van der Waals surface area contributed by atoms with Crippen LogP contribution in [0.4, 0.5) is 18.9 Å². The molecular formula is C14H16F3N3O3S. The van der Waals surface area contributed by atoms with Gasteiger partial charge in [0.1, 0.15) is 16.4 Å². The highest BCUT2D eigenvalue weighted by Gasteiger charge is 2.45. The normalized spacial score (nSPS) is 22.1. The van der Waals surface area contributed by atoms with Crippen molar-refractivity contribution >= 4 is 27.3 Å².